The standard InChI is InChI=1S/C19H23N7O2SSi/c1-30(2,3)7-6-28-13-25-11-14(9-22-25)16-10-21-19-18(20-4-5-26(16)19)23-17-8-15(12-27)24-29-17/h4-5,8-12H,6-7,13H2,1-3H3,(H,20,23). The smallest absolute Gasteiger partial charge is 0.180 e. The molecule has 0 aliphatic heterocycles. The molecule has 0 atom stereocenters. The molecule has 0 aliphatic carbocycles. The molecule has 4 aromatic heterocycles. The van der Waals surface area contributed by atoms with E-state index < -0.39 is 8.07 Å². The number of rotatable bonds is 9. The van der Waals surface area contributed by atoms with Crippen molar-refractivity contribution in [3.8, 4) is 11.3 Å². The van der Waals surface area contributed by atoms with Gasteiger partial charge in [0, 0.05) is 44.9 Å². The largest absolute Gasteiger partial charge is 0.360 e. The zero-order chi connectivity index (χ0) is 21.1. The quantitative estimate of drug-likeness (QED) is 0.239. The average Bonchev–Trinajstić information content (AvgIpc) is 3.44. The Morgan fingerprint density at radius 2 is 2.13 bits per heavy atom. The fraction of sp³-hybridized carbons (Fsp3) is 0.316. The summed E-state index contributed by atoms with van der Waals surface area (Å²) in [5.74, 6) is 0.590. The molecule has 0 saturated carbocycles. The Morgan fingerprint density at radius 1 is 1.27 bits per heavy atom. The monoisotopic (exact) mass is 441 g/mol. The minimum Gasteiger partial charge on any atom is -0.360 e. The summed E-state index contributed by atoms with van der Waals surface area (Å²) in [4.78, 5) is 19.7. The first-order chi connectivity index (χ1) is 14.4. The second kappa shape index (κ2) is 8.46. The SMILES string of the molecule is C[Si](C)(C)CCOCn1cc(-c2cnc3c(Nc4cc(C=O)ns4)nccn23)cn1. The molecular weight excluding hydrogens is 418 g/mol. The van der Waals surface area contributed by atoms with E-state index in [4.69, 9.17) is 4.74 Å². The molecule has 4 rings (SSSR count). The lowest BCUT2D eigenvalue weighted by Gasteiger charge is -2.15. The molecule has 4 aromatic rings. The highest BCUT2D eigenvalue weighted by Gasteiger charge is 2.14. The number of aldehydes is 1. The normalized spacial score (nSPS) is 11.8. The van der Waals surface area contributed by atoms with Gasteiger partial charge in [0.05, 0.1) is 18.1 Å². The van der Waals surface area contributed by atoms with Crippen LogP contribution in [0.15, 0.2) is 37.1 Å². The lowest BCUT2D eigenvalue weighted by molar-refractivity contribution is 0.0786. The lowest BCUT2D eigenvalue weighted by Crippen LogP contribution is -2.22. The van der Waals surface area contributed by atoms with E-state index in [1.54, 1.807) is 29.3 Å². The number of ether oxygens (including phenoxy) is 1. The van der Waals surface area contributed by atoms with Gasteiger partial charge in [-0.2, -0.15) is 9.47 Å². The number of anilines is 2. The van der Waals surface area contributed by atoms with Gasteiger partial charge in [-0.05, 0) is 17.6 Å². The molecule has 4 heterocycles. The van der Waals surface area contributed by atoms with E-state index in [0.717, 1.165) is 35.2 Å². The molecular formula is C19H23N7O2SSi. The summed E-state index contributed by atoms with van der Waals surface area (Å²) in [7, 11) is -1.10. The number of nitrogens with one attached hydrogen (secondary N) is 1. The molecule has 30 heavy (non-hydrogen) atoms. The van der Waals surface area contributed by atoms with Crippen LogP contribution in [0.4, 0.5) is 10.8 Å². The number of imidazole rings is 1. The van der Waals surface area contributed by atoms with Crippen molar-refractivity contribution < 1.29 is 9.53 Å². The molecule has 0 aliphatic rings. The summed E-state index contributed by atoms with van der Waals surface area (Å²) in [6.07, 6.45) is 9.82. The molecule has 9 nitrogen and oxygen atoms in total. The average molecular weight is 442 g/mol. The van der Waals surface area contributed by atoms with Crippen LogP contribution in [0.5, 0.6) is 0 Å². The van der Waals surface area contributed by atoms with Gasteiger partial charge < -0.3 is 10.1 Å². The van der Waals surface area contributed by atoms with E-state index in [-0.39, 0.29) is 0 Å². The van der Waals surface area contributed by atoms with Gasteiger partial charge >= 0.3 is 0 Å². The molecule has 0 saturated heterocycles. The molecule has 156 valence electrons. The van der Waals surface area contributed by atoms with E-state index in [1.165, 1.54) is 11.5 Å². The van der Waals surface area contributed by atoms with Gasteiger partial charge in [0.25, 0.3) is 0 Å². The molecule has 0 fully saturated rings. The van der Waals surface area contributed by atoms with Crippen molar-refractivity contribution in [3.63, 3.8) is 0 Å². The Balaban J connectivity index is 1.50. The van der Waals surface area contributed by atoms with Gasteiger partial charge in [0.1, 0.15) is 17.4 Å². The topological polar surface area (TPSA) is 99.2 Å². The van der Waals surface area contributed by atoms with Crippen LogP contribution in [0, 0.1) is 0 Å². The fourth-order valence-electron chi connectivity index (χ4n) is 2.84. The van der Waals surface area contributed by atoms with Crippen molar-refractivity contribution >= 4 is 42.4 Å². The Kier molecular flexibility index (Phi) is 5.75. The van der Waals surface area contributed by atoms with Crippen molar-refractivity contribution in [2.75, 3.05) is 11.9 Å². The summed E-state index contributed by atoms with van der Waals surface area (Å²) in [5, 5.41) is 8.32. The van der Waals surface area contributed by atoms with Crippen LogP contribution < -0.4 is 5.32 Å². The number of hydrogen-bond donors (Lipinski definition) is 1. The van der Waals surface area contributed by atoms with Gasteiger partial charge in [-0.1, -0.05) is 19.6 Å². The van der Waals surface area contributed by atoms with Crippen LogP contribution in [-0.4, -0.2) is 49.5 Å². The third-order valence-electron chi connectivity index (χ3n) is 4.47. The van der Waals surface area contributed by atoms with Crippen LogP contribution in [0.2, 0.25) is 25.7 Å². The van der Waals surface area contributed by atoms with Crippen molar-refractivity contribution in [2.45, 2.75) is 32.4 Å². The molecule has 0 unspecified atom stereocenters. The zero-order valence-corrected chi connectivity index (χ0v) is 18.9. The van der Waals surface area contributed by atoms with E-state index in [2.05, 4.69) is 44.4 Å². The summed E-state index contributed by atoms with van der Waals surface area (Å²) in [6, 6.07) is 2.81. The summed E-state index contributed by atoms with van der Waals surface area (Å²) < 4.78 is 13.6. The summed E-state index contributed by atoms with van der Waals surface area (Å²) in [6.45, 7) is 8.19. The van der Waals surface area contributed by atoms with E-state index in [0.29, 0.717) is 23.9 Å². The highest BCUT2D eigenvalue weighted by Crippen LogP contribution is 2.26. The third kappa shape index (κ3) is 4.63. The Labute approximate surface area is 178 Å². The Morgan fingerprint density at radius 3 is 2.90 bits per heavy atom. The number of carbonyl (C=O) groups excluding carboxylic acids is 1. The third-order valence-corrected chi connectivity index (χ3v) is 6.89. The fourth-order valence-corrected chi connectivity index (χ4v) is 4.22. The maximum absolute atomic E-state index is 10.8. The Hall–Kier alpha value is -2.89. The highest BCUT2D eigenvalue weighted by atomic mass is 32.1. The highest BCUT2D eigenvalue weighted by molar-refractivity contribution is 7.10. The second-order valence-electron chi connectivity index (χ2n) is 8.09. The number of hydrogen-bond acceptors (Lipinski definition) is 8. The minimum absolute atomic E-state index is 0.387. The van der Waals surface area contributed by atoms with Crippen molar-refractivity contribution in [1.82, 2.24) is 28.5 Å². The van der Waals surface area contributed by atoms with Crippen molar-refractivity contribution in [2.24, 2.45) is 0 Å². The van der Waals surface area contributed by atoms with E-state index >= 15 is 0 Å². The molecule has 0 bridgehead atoms. The molecule has 0 spiro atoms. The van der Waals surface area contributed by atoms with E-state index in [1.807, 2.05) is 16.8 Å². The van der Waals surface area contributed by atoms with Gasteiger partial charge in [-0.15, -0.1) is 0 Å². The molecule has 1 N–H and O–H groups in total. The molecule has 0 amide bonds. The molecule has 11 heteroatoms. The van der Waals surface area contributed by atoms with Gasteiger partial charge in [0.2, 0.25) is 0 Å². The number of aromatic nitrogens is 6. The zero-order valence-electron chi connectivity index (χ0n) is 17.1. The van der Waals surface area contributed by atoms with E-state index in [9.17, 15) is 4.79 Å². The predicted octanol–water partition coefficient (Wildman–Crippen LogP) is 3.92. The predicted molar refractivity (Wildman–Crippen MR) is 119 cm³/mol. The van der Waals surface area contributed by atoms with Gasteiger partial charge in [0.15, 0.2) is 17.8 Å². The van der Waals surface area contributed by atoms with Crippen LogP contribution in [-0.2, 0) is 11.5 Å². The summed E-state index contributed by atoms with van der Waals surface area (Å²) in [5.41, 5.74) is 2.90. The van der Waals surface area contributed by atoms with Crippen molar-refractivity contribution in [3.05, 3.63) is 42.7 Å². The second-order valence-corrected chi connectivity index (χ2v) is 14.5. The van der Waals surface area contributed by atoms with Crippen LogP contribution in [0.3, 0.4) is 0 Å². The number of fused-ring (bicyclic) bond motifs is 1. The van der Waals surface area contributed by atoms with Gasteiger partial charge in [-0.25, -0.2) is 14.6 Å². The van der Waals surface area contributed by atoms with Crippen LogP contribution >= 0.6 is 11.5 Å². The van der Waals surface area contributed by atoms with Gasteiger partial charge in [-0.3, -0.25) is 9.20 Å². The maximum Gasteiger partial charge on any atom is 0.180 e. The first-order valence-electron chi connectivity index (χ1n) is 9.54. The van der Waals surface area contributed by atoms with Crippen LogP contribution in [0.25, 0.3) is 16.9 Å². The first-order valence-corrected chi connectivity index (χ1v) is 14.0. The maximum atomic E-state index is 10.8. The minimum atomic E-state index is -1.10. The summed E-state index contributed by atoms with van der Waals surface area (Å²) >= 11 is 1.20. The van der Waals surface area contributed by atoms with Crippen LogP contribution in [0.1, 0.15) is 10.5 Å². The molecule has 0 radical (unpaired) electrons. The lowest BCUT2D eigenvalue weighted by atomic mass is 10.3. The molecule has 0 aromatic carbocycles. The van der Waals surface area contributed by atoms with Crippen molar-refractivity contribution in [1.29, 1.82) is 0 Å². The first kappa shape index (κ1) is 20.4. The Bertz CT molecular complexity index is 1160. The number of carbonyl (C=O) groups is 1. The number of nitrogens with zero attached hydrogens (tertiary/aromatic N) is 6.